The van der Waals surface area contributed by atoms with Crippen molar-refractivity contribution in [2.75, 3.05) is 19.8 Å². The van der Waals surface area contributed by atoms with Crippen LogP contribution in [0.15, 0.2) is 36.8 Å². The number of rotatable bonds is 8. The van der Waals surface area contributed by atoms with Gasteiger partial charge in [0, 0.05) is 17.7 Å². The van der Waals surface area contributed by atoms with Crippen LogP contribution in [0.5, 0.6) is 0 Å². The lowest BCUT2D eigenvalue weighted by molar-refractivity contribution is 0.0662. The van der Waals surface area contributed by atoms with Crippen LogP contribution < -0.4 is 0 Å². The number of halogens is 2. The maximum Gasteiger partial charge on any atom is 0.190 e. The number of aromatic nitrogens is 2. The highest BCUT2D eigenvalue weighted by molar-refractivity contribution is 5.98. The summed E-state index contributed by atoms with van der Waals surface area (Å²) < 4.78 is 35.8. The molecule has 0 spiro atoms. The fraction of sp³-hybridized carbons (Fsp3) is 0.364. The van der Waals surface area contributed by atoms with Crippen molar-refractivity contribution >= 4 is 11.3 Å². The van der Waals surface area contributed by atoms with Gasteiger partial charge >= 0.3 is 0 Å². The first-order valence-electron chi connectivity index (χ1n) is 9.72. The maximum absolute atomic E-state index is 14.8. The van der Waals surface area contributed by atoms with Gasteiger partial charge in [0.2, 0.25) is 0 Å². The van der Waals surface area contributed by atoms with Crippen LogP contribution in [-0.4, -0.2) is 40.1 Å². The molecular weight excluding hydrogens is 378 g/mol. The molecule has 1 N–H and O–H groups in total. The molecule has 0 atom stereocenters. The van der Waals surface area contributed by atoms with Crippen molar-refractivity contribution in [3.05, 3.63) is 70.8 Å². The van der Waals surface area contributed by atoms with Crippen molar-refractivity contribution in [3.8, 4) is 0 Å². The lowest BCUT2D eigenvalue weighted by atomic mass is 9.80. The minimum absolute atomic E-state index is 0.00807. The number of imidazole rings is 1. The Balaban J connectivity index is 1.70. The van der Waals surface area contributed by atoms with Gasteiger partial charge in [-0.05, 0) is 42.0 Å². The minimum atomic E-state index is -0.586. The summed E-state index contributed by atoms with van der Waals surface area (Å²) in [5.74, 6) is -0.931. The fourth-order valence-electron chi connectivity index (χ4n) is 3.71. The van der Waals surface area contributed by atoms with E-state index in [9.17, 15) is 13.6 Å². The van der Waals surface area contributed by atoms with Gasteiger partial charge in [-0.25, -0.2) is 13.8 Å². The standard InChI is InChI=1S/C22H22F2N2O3/c23-18-8-15(14-2-1-3-14)4-5-16(18)9-20-17(22(28)12-29-7-6-27)10-19(24)21-11-25-13-26(20)21/h4-5,8,10-11,13-14,27H,1-3,6-7,9,12H2. The monoisotopic (exact) mass is 400 g/mol. The quantitative estimate of drug-likeness (QED) is 0.463. The molecule has 0 bridgehead atoms. The molecule has 7 heteroatoms. The van der Waals surface area contributed by atoms with Crippen LogP contribution in [0.2, 0.25) is 0 Å². The van der Waals surface area contributed by atoms with Crippen molar-refractivity contribution in [2.24, 2.45) is 0 Å². The number of carbonyl (C=O) groups is 1. The molecule has 1 saturated carbocycles. The number of benzene rings is 1. The van der Waals surface area contributed by atoms with E-state index in [1.807, 2.05) is 6.07 Å². The number of Topliss-reactive ketones (excluding diaryl/α,β-unsaturated/α-hetero) is 1. The zero-order valence-corrected chi connectivity index (χ0v) is 15.9. The van der Waals surface area contributed by atoms with Crippen LogP contribution in [0.25, 0.3) is 5.52 Å². The molecular formula is C22H22F2N2O3. The molecule has 1 aromatic carbocycles. The van der Waals surface area contributed by atoms with E-state index >= 15 is 0 Å². The Morgan fingerprint density at radius 2 is 2.07 bits per heavy atom. The summed E-state index contributed by atoms with van der Waals surface area (Å²) >= 11 is 0. The van der Waals surface area contributed by atoms with E-state index in [-0.39, 0.29) is 43.1 Å². The van der Waals surface area contributed by atoms with E-state index in [0.717, 1.165) is 24.5 Å². The Morgan fingerprint density at radius 3 is 2.76 bits per heavy atom. The Labute approximate surface area is 167 Å². The summed E-state index contributed by atoms with van der Waals surface area (Å²) in [4.78, 5) is 16.6. The zero-order valence-electron chi connectivity index (χ0n) is 15.9. The number of hydrogen-bond acceptors (Lipinski definition) is 4. The molecule has 0 unspecified atom stereocenters. The first-order valence-corrected chi connectivity index (χ1v) is 9.72. The molecule has 3 aromatic rings. The van der Waals surface area contributed by atoms with E-state index in [1.54, 1.807) is 12.1 Å². The molecule has 1 aliphatic rings. The Bertz CT molecular complexity index is 1040. The van der Waals surface area contributed by atoms with Gasteiger partial charge in [0.1, 0.15) is 23.8 Å². The van der Waals surface area contributed by atoms with Crippen molar-refractivity contribution in [3.63, 3.8) is 0 Å². The predicted octanol–water partition coefficient (Wildman–Crippen LogP) is 3.66. The lowest BCUT2D eigenvalue weighted by Gasteiger charge is -2.26. The topological polar surface area (TPSA) is 63.8 Å². The van der Waals surface area contributed by atoms with E-state index in [1.165, 1.54) is 23.3 Å². The van der Waals surface area contributed by atoms with Gasteiger partial charge < -0.3 is 9.84 Å². The van der Waals surface area contributed by atoms with Crippen molar-refractivity contribution < 1.29 is 23.4 Å². The Hall–Kier alpha value is -2.64. The van der Waals surface area contributed by atoms with E-state index in [0.29, 0.717) is 17.2 Å². The van der Waals surface area contributed by atoms with Gasteiger partial charge in [-0.1, -0.05) is 18.6 Å². The third kappa shape index (κ3) is 3.93. The maximum atomic E-state index is 14.8. The van der Waals surface area contributed by atoms with Gasteiger partial charge in [-0.3, -0.25) is 9.20 Å². The smallest absolute Gasteiger partial charge is 0.190 e. The summed E-state index contributed by atoms with van der Waals surface area (Å²) in [5, 5.41) is 8.82. The van der Waals surface area contributed by atoms with Gasteiger partial charge in [0.15, 0.2) is 5.78 Å². The van der Waals surface area contributed by atoms with Crippen LogP contribution in [0.1, 0.15) is 52.4 Å². The second-order valence-electron chi connectivity index (χ2n) is 7.36. The average Bonchev–Trinajstić information content (AvgIpc) is 3.15. The van der Waals surface area contributed by atoms with E-state index < -0.39 is 11.6 Å². The Morgan fingerprint density at radius 1 is 1.24 bits per heavy atom. The average molecular weight is 400 g/mol. The number of nitrogens with zero attached hydrogens (tertiary/aromatic N) is 2. The minimum Gasteiger partial charge on any atom is -0.394 e. The molecule has 2 aromatic heterocycles. The number of ether oxygens (including phenoxy) is 1. The number of carbonyl (C=O) groups excluding carboxylic acids is 1. The van der Waals surface area contributed by atoms with Gasteiger partial charge in [-0.15, -0.1) is 0 Å². The van der Waals surface area contributed by atoms with Crippen LogP contribution in [0, 0.1) is 11.6 Å². The molecule has 152 valence electrons. The normalized spacial score (nSPS) is 14.3. The molecule has 0 saturated heterocycles. The van der Waals surface area contributed by atoms with Crippen LogP contribution in [0.3, 0.4) is 0 Å². The van der Waals surface area contributed by atoms with E-state index in [2.05, 4.69) is 4.98 Å². The highest BCUT2D eigenvalue weighted by atomic mass is 19.1. The summed E-state index contributed by atoms with van der Waals surface area (Å²) in [6.45, 7) is -0.502. The molecule has 0 amide bonds. The van der Waals surface area contributed by atoms with Gasteiger partial charge in [0.25, 0.3) is 0 Å². The van der Waals surface area contributed by atoms with Crippen LogP contribution >= 0.6 is 0 Å². The Kier molecular flexibility index (Phi) is 5.69. The summed E-state index contributed by atoms with van der Waals surface area (Å²) in [6.07, 6.45) is 6.24. The number of aliphatic hydroxyl groups excluding tert-OH is 1. The number of fused-ring (bicyclic) bond motifs is 1. The lowest BCUT2D eigenvalue weighted by Crippen LogP contribution is -2.17. The summed E-state index contributed by atoms with van der Waals surface area (Å²) in [7, 11) is 0. The predicted molar refractivity (Wildman–Crippen MR) is 103 cm³/mol. The largest absolute Gasteiger partial charge is 0.394 e. The molecule has 29 heavy (non-hydrogen) atoms. The van der Waals surface area contributed by atoms with Crippen LogP contribution in [0.4, 0.5) is 8.78 Å². The molecule has 1 fully saturated rings. The molecule has 0 radical (unpaired) electrons. The number of ketones is 1. The van der Waals surface area contributed by atoms with E-state index in [4.69, 9.17) is 9.84 Å². The highest BCUT2D eigenvalue weighted by Crippen LogP contribution is 2.37. The summed E-state index contributed by atoms with van der Waals surface area (Å²) in [6, 6.07) is 6.39. The van der Waals surface area contributed by atoms with Crippen molar-refractivity contribution in [1.29, 1.82) is 0 Å². The number of hydrogen-bond donors (Lipinski definition) is 1. The molecule has 0 aliphatic heterocycles. The third-order valence-electron chi connectivity index (χ3n) is 5.54. The molecule has 1 aliphatic carbocycles. The highest BCUT2D eigenvalue weighted by Gasteiger charge is 2.22. The molecule has 4 rings (SSSR count). The van der Waals surface area contributed by atoms with Gasteiger partial charge in [0.05, 0.1) is 25.7 Å². The third-order valence-corrected chi connectivity index (χ3v) is 5.54. The second-order valence-corrected chi connectivity index (χ2v) is 7.36. The number of aliphatic hydroxyl groups is 1. The zero-order chi connectivity index (χ0) is 20.4. The first-order chi connectivity index (χ1) is 14.1. The molecule has 5 nitrogen and oxygen atoms in total. The van der Waals surface area contributed by atoms with Crippen molar-refractivity contribution in [2.45, 2.75) is 31.6 Å². The van der Waals surface area contributed by atoms with Crippen molar-refractivity contribution in [1.82, 2.24) is 9.38 Å². The SMILES string of the molecule is O=C(COCCO)c1cc(F)c2cncn2c1Cc1ccc(C2CCC2)cc1F. The first kappa shape index (κ1) is 19.7. The summed E-state index contributed by atoms with van der Waals surface area (Å²) in [5.41, 5.74) is 2.22. The van der Waals surface area contributed by atoms with Crippen LogP contribution in [-0.2, 0) is 11.2 Å². The second kappa shape index (κ2) is 8.39. The fourth-order valence-corrected chi connectivity index (χ4v) is 3.71. The van der Waals surface area contributed by atoms with Gasteiger partial charge in [-0.2, -0.15) is 0 Å². The number of pyridine rings is 1. The molecule has 2 heterocycles.